The molecule has 0 bridgehead atoms. The summed E-state index contributed by atoms with van der Waals surface area (Å²) in [6.07, 6.45) is 2.36. The van der Waals surface area contributed by atoms with Crippen molar-refractivity contribution in [3.8, 4) is 5.75 Å². The standard InChI is InChI=1S/C24H23FN4O2S/c1-24(11-12-32-23(26)29-24)17-3-2-4-19(13-17)28-22(30)21-10-9-20(14-27-21)31-15-16-5-7-18(25)8-6-16/h2-10,13-14H,11-12,15H2,1H3,(H2,26,29)(H,28,30)/t24-/m0/s1. The number of aromatic nitrogens is 1. The summed E-state index contributed by atoms with van der Waals surface area (Å²) in [7, 11) is 0. The molecule has 0 spiro atoms. The third-order valence-corrected chi connectivity index (χ3v) is 6.02. The second-order valence-corrected chi connectivity index (χ2v) is 8.77. The van der Waals surface area contributed by atoms with Gasteiger partial charge in [0, 0.05) is 11.4 Å². The molecular weight excluding hydrogens is 427 g/mol. The average Bonchev–Trinajstić information content (AvgIpc) is 2.79. The molecule has 0 fully saturated rings. The van der Waals surface area contributed by atoms with Gasteiger partial charge in [-0.25, -0.2) is 9.37 Å². The molecule has 2 heterocycles. The number of halogens is 1. The van der Waals surface area contributed by atoms with Crippen LogP contribution in [0, 0.1) is 5.82 Å². The molecule has 1 atom stereocenters. The predicted octanol–water partition coefficient (Wildman–Crippen LogP) is 4.72. The fourth-order valence-electron chi connectivity index (χ4n) is 3.37. The maximum Gasteiger partial charge on any atom is 0.274 e. The van der Waals surface area contributed by atoms with Gasteiger partial charge < -0.3 is 15.8 Å². The first-order valence-corrected chi connectivity index (χ1v) is 11.1. The Morgan fingerprint density at radius 1 is 1.22 bits per heavy atom. The van der Waals surface area contributed by atoms with Crippen LogP contribution in [0.5, 0.6) is 5.75 Å². The van der Waals surface area contributed by atoms with Crippen LogP contribution in [-0.2, 0) is 12.1 Å². The Morgan fingerprint density at radius 3 is 2.75 bits per heavy atom. The zero-order valence-electron chi connectivity index (χ0n) is 17.5. The van der Waals surface area contributed by atoms with Crippen molar-refractivity contribution >= 4 is 28.5 Å². The Morgan fingerprint density at radius 2 is 2.03 bits per heavy atom. The van der Waals surface area contributed by atoms with Crippen LogP contribution in [0.3, 0.4) is 0 Å². The van der Waals surface area contributed by atoms with Crippen LogP contribution in [0.25, 0.3) is 0 Å². The fourth-order valence-corrected chi connectivity index (χ4v) is 4.34. The van der Waals surface area contributed by atoms with Gasteiger partial charge in [0.1, 0.15) is 23.9 Å². The highest BCUT2D eigenvalue weighted by Gasteiger charge is 2.29. The lowest BCUT2D eigenvalue weighted by atomic mass is 9.89. The van der Waals surface area contributed by atoms with E-state index in [0.29, 0.717) is 16.6 Å². The number of ether oxygens (including phenoxy) is 1. The molecule has 1 aromatic heterocycles. The number of pyridine rings is 1. The number of hydrogen-bond acceptors (Lipinski definition) is 6. The number of nitrogens with one attached hydrogen (secondary N) is 1. The number of thioether (sulfide) groups is 1. The lowest BCUT2D eigenvalue weighted by Gasteiger charge is -2.30. The number of nitrogens with two attached hydrogens (primary N) is 1. The highest BCUT2D eigenvalue weighted by molar-refractivity contribution is 8.13. The summed E-state index contributed by atoms with van der Waals surface area (Å²) in [5, 5.41) is 3.47. The van der Waals surface area contributed by atoms with Gasteiger partial charge in [0.2, 0.25) is 0 Å². The fraction of sp³-hybridized carbons (Fsp3) is 0.208. The molecule has 3 N–H and O–H groups in total. The van der Waals surface area contributed by atoms with E-state index in [1.807, 2.05) is 31.2 Å². The third-order valence-electron chi connectivity index (χ3n) is 5.23. The van der Waals surface area contributed by atoms with Crippen LogP contribution >= 0.6 is 11.8 Å². The van der Waals surface area contributed by atoms with Gasteiger partial charge in [0.25, 0.3) is 5.91 Å². The Balaban J connectivity index is 1.40. The summed E-state index contributed by atoms with van der Waals surface area (Å²) in [6, 6.07) is 17.0. The summed E-state index contributed by atoms with van der Waals surface area (Å²) >= 11 is 1.56. The highest BCUT2D eigenvalue weighted by Crippen LogP contribution is 2.35. The zero-order valence-corrected chi connectivity index (χ0v) is 18.4. The van der Waals surface area contributed by atoms with Gasteiger partial charge in [0.15, 0.2) is 5.17 Å². The van der Waals surface area contributed by atoms with E-state index in [2.05, 4.69) is 15.3 Å². The molecule has 1 aliphatic heterocycles. The molecule has 4 rings (SSSR count). The number of amidine groups is 1. The van der Waals surface area contributed by atoms with Crippen LogP contribution in [-0.4, -0.2) is 21.8 Å². The number of rotatable bonds is 6. The molecule has 1 amide bonds. The Labute approximate surface area is 190 Å². The van der Waals surface area contributed by atoms with Gasteiger partial charge in [-0.05, 0) is 60.9 Å². The minimum Gasteiger partial charge on any atom is -0.487 e. The number of benzene rings is 2. The Hall–Kier alpha value is -3.39. The van der Waals surface area contributed by atoms with Crippen LogP contribution in [0.15, 0.2) is 71.9 Å². The van der Waals surface area contributed by atoms with Crippen molar-refractivity contribution in [2.75, 3.05) is 11.1 Å². The van der Waals surface area contributed by atoms with E-state index in [-0.39, 0.29) is 24.0 Å². The summed E-state index contributed by atoms with van der Waals surface area (Å²) in [5.74, 6) is 0.813. The monoisotopic (exact) mass is 450 g/mol. The van der Waals surface area contributed by atoms with Crippen molar-refractivity contribution in [1.29, 1.82) is 0 Å². The van der Waals surface area contributed by atoms with E-state index in [1.54, 1.807) is 36.0 Å². The molecule has 3 aromatic rings. The number of amides is 1. The molecule has 1 aliphatic rings. The van der Waals surface area contributed by atoms with Crippen molar-refractivity contribution in [3.63, 3.8) is 0 Å². The minimum atomic E-state index is -0.405. The minimum absolute atomic E-state index is 0.270. The first-order chi connectivity index (χ1) is 15.4. The van der Waals surface area contributed by atoms with E-state index >= 15 is 0 Å². The second kappa shape index (κ2) is 9.40. The van der Waals surface area contributed by atoms with Crippen molar-refractivity contribution in [2.24, 2.45) is 10.7 Å². The number of anilines is 1. The molecule has 0 saturated carbocycles. The largest absolute Gasteiger partial charge is 0.487 e. The van der Waals surface area contributed by atoms with E-state index < -0.39 is 5.54 Å². The smallest absolute Gasteiger partial charge is 0.274 e. The maximum atomic E-state index is 13.0. The second-order valence-electron chi connectivity index (χ2n) is 7.65. The highest BCUT2D eigenvalue weighted by atomic mass is 32.2. The van der Waals surface area contributed by atoms with Gasteiger partial charge in [-0.2, -0.15) is 0 Å². The number of aliphatic imine (C=N–C) groups is 1. The van der Waals surface area contributed by atoms with Gasteiger partial charge in [0.05, 0.1) is 11.7 Å². The molecule has 2 aromatic carbocycles. The van der Waals surface area contributed by atoms with Gasteiger partial charge in [-0.3, -0.25) is 9.79 Å². The molecule has 32 heavy (non-hydrogen) atoms. The van der Waals surface area contributed by atoms with Crippen molar-refractivity contribution in [1.82, 2.24) is 4.98 Å². The molecule has 0 saturated heterocycles. The average molecular weight is 451 g/mol. The first kappa shape index (κ1) is 21.8. The van der Waals surface area contributed by atoms with E-state index in [4.69, 9.17) is 10.5 Å². The zero-order chi connectivity index (χ0) is 22.6. The summed E-state index contributed by atoms with van der Waals surface area (Å²) in [6.45, 7) is 2.33. The van der Waals surface area contributed by atoms with Crippen molar-refractivity contribution in [2.45, 2.75) is 25.5 Å². The molecular formula is C24H23FN4O2S. The van der Waals surface area contributed by atoms with Gasteiger partial charge in [-0.15, -0.1) is 0 Å². The van der Waals surface area contributed by atoms with Gasteiger partial charge >= 0.3 is 0 Å². The van der Waals surface area contributed by atoms with E-state index in [0.717, 1.165) is 23.3 Å². The Kier molecular flexibility index (Phi) is 6.41. The Bertz CT molecular complexity index is 1140. The van der Waals surface area contributed by atoms with Gasteiger partial charge in [-0.1, -0.05) is 36.0 Å². The van der Waals surface area contributed by atoms with Crippen LogP contribution in [0.4, 0.5) is 10.1 Å². The van der Waals surface area contributed by atoms with Crippen molar-refractivity contribution < 1.29 is 13.9 Å². The topological polar surface area (TPSA) is 89.6 Å². The third kappa shape index (κ3) is 5.26. The lowest BCUT2D eigenvalue weighted by Crippen LogP contribution is -2.28. The number of carbonyl (C=O) groups is 1. The van der Waals surface area contributed by atoms with Crippen LogP contribution < -0.4 is 15.8 Å². The van der Waals surface area contributed by atoms with Crippen LogP contribution in [0.1, 0.15) is 35.0 Å². The number of carbonyl (C=O) groups excluding carboxylic acids is 1. The van der Waals surface area contributed by atoms with E-state index in [9.17, 15) is 9.18 Å². The summed E-state index contributed by atoms with van der Waals surface area (Å²) in [4.78, 5) is 21.5. The molecule has 0 radical (unpaired) electrons. The normalized spacial score (nSPS) is 18.0. The molecule has 8 heteroatoms. The van der Waals surface area contributed by atoms with Crippen LogP contribution in [0.2, 0.25) is 0 Å². The van der Waals surface area contributed by atoms with E-state index in [1.165, 1.54) is 18.3 Å². The summed E-state index contributed by atoms with van der Waals surface area (Å²) in [5.41, 5.74) is 8.29. The number of nitrogens with zero attached hydrogens (tertiary/aromatic N) is 2. The maximum absolute atomic E-state index is 13.0. The molecule has 0 unspecified atom stereocenters. The summed E-state index contributed by atoms with van der Waals surface area (Å²) < 4.78 is 18.6. The quantitative estimate of drug-likeness (QED) is 0.567. The van der Waals surface area contributed by atoms with Crippen molar-refractivity contribution in [3.05, 3.63) is 89.5 Å². The predicted molar refractivity (Wildman–Crippen MR) is 125 cm³/mol. The molecule has 0 aliphatic carbocycles. The lowest BCUT2D eigenvalue weighted by molar-refractivity contribution is 0.102. The first-order valence-electron chi connectivity index (χ1n) is 10.1. The molecule has 164 valence electrons. The SMILES string of the molecule is C[C@@]1(c2cccc(NC(=O)c3ccc(OCc4ccc(F)cc4)cn3)c2)CCSC(N)=N1. The number of hydrogen-bond donors (Lipinski definition) is 2. The molecule has 6 nitrogen and oxygen atoms in total.